The van der Waals surface area contributed by atoms with E-state index in [0.29, 0.717) is 11.1 Å². The standard InChI is InChI=1S/C21H16O2S/c1-14-7-9-16(10-8-14)20(23)21-12-11-17(13-18(21)24-21)19(22)15-5-3-2-4-6-15/h2-13,18H,1H3. The molecule has 24 heavy (non-hydrogen) atoms. The van der Waals surface area contributed by atoms with E-state index in [1.165, 1.54) is 0 Å². The molecule has 0 bridgehead atoms. The second kappa shape index (κ2) is 5.60. The molecule has 1 saturated heterocycles. The zero-order valence-electron chi connectivity index (χ0n) is 13.2. The molecule has 2 aromatic carbocycles. The van der Waals surface area contributed by atoms with Crippen LogP contribution in [0.2, 0.25) is 0 Å². The topological polar surface area (TPSA) is 34.1 Å². The zero-order valence-corrected chi connectivity index (χ0v) is 14.0. The van der Waals surface area contributed by atoms with Gasteiger partial charge in [-0.05, 0) is 6.92 Å². The average molecular weight is 332 g/mol. The second-order valence-corrected chi connectivity index (χ2v) is 7.60. The normalized spacial score (nSPS) is 24.0. The van der Waals surface area contributed by atoms with E-state index in [0.717, 1.165) is 11.1 Å². The Bertz CT molecular complexity index is 878. The van der Waals surface area contributed by atoms with Gasteiger partial charge in [0.2, 0.25) is 0 Å². The first-order valence-corrected chi connectivity index (χ1v) is 8.78. The highest BCUT2D eigenvalue weighted by Gasteiger charge is 2.59. The molecule has 1 aliphatic heterocycles. The first-order chi connectivity index (χ1) is 11.6. The summed E-state index contributed by atoms with van der Waals surface area (Å²) in [5.41, 5.74) is 3.21. The summed E-state index contributed by atoms with van der Waals surface area (Å²) in [6, 6.07) is 16.9. The van der Waals surface area contributed by atoms with Crippen LogP contribution in [0.1, 0.15) is 26.3 Å². The average Bonchev–Trinajstić information content (AvgIpc) is 3.37. The van der Waals surface area contributed by atoms with Gasteiger partial charge in [0.25, 0.3) is 0 Å². The van der Waals surface area contributed by atoms with Crippen molar-refractivity contribution >= 4 is 23.3 Å². The number of allylic oxidation sites excluding steroid dienone is 2. The summed E-state index contributed by atoms with van der Waals surface area (Å²) >= 11 is 1.61. The van der Waals surface area contributed by atoms with Crippen molar-refractivity contribution in [2.75, 3.05) is 0 Å². The van der Waals surface area contributed by atoms with Crippen molar-refractivity contribution in [3.8, 4) is 0 Å². The van der Waals surface area contributed by atoms with Crippen LogP contribution in [0, 0.1) is 6.92 Å². The molecule has 3 heteroatoms. The summed E-state index contributed by atoms with van der Waals surface area (Å²) < 4.78 is -0.518. The van der Waals surface area contributed by atoms with Crippen LogP contribution in [0.25, 0.3) is 0 Å². The Morgan fingerprint density at radius 3 is 2.33 bits per heavy atom. The van der Waals surface area contributed by atoms with Gasteiger partial charge in [0.05, 0.1) is 5.25 Å². The predicted octanol–water partition coefficient (Wildman–Crippen LogP) is 4.41. The molecule has 0 saturated carbocycles. The number of carbonyl (C=O) groups excluding carboxylic acids is 2. The summed E-state index contributed by atoms with van der Waals surface area (Å²) in [6.07, 6.45) is 5.64. The SMILES string of the molecule is Cc1ccc(C(=O)C23C=CC(C(=O)c4ccccc4)=CC2S3)cc1. The number of thioether (sulfide) groups is 1. The van der Waals surface area contributed by atoms with Crippen molar-refractivity contribution in [3.63, 3.8) is 0 Å². The Morgan fingerprint density at radius 2 is 1.67 bits per heavy atom. The molecule has 118 valence electrons. The van der Waals surface area contributed by atoms with E-state index in [1.54, 1.807) is 17.8 Å². The Hall–Kier alpha value is -2.39. The van der Waals surface area contributed by atoms with Gasteiger partial charge in [0, 0.05) is 16.7 Å². The quantitative estimate of drug-likeness (QED) is 0.614. The lowest BCUT2D eigenvalue weighted by Gasteiger charge is -2.13. The molecule has 2 aromatic rings. The highest BCUT2D eigenvalue weighted by atomic mass is 32.2. The first-order valence-electron chi connectivity index (χ1n) is 7.90. The van der Waals surface area contributed by atoms with E-state index in [4.69, 9.17) is 0 Å². The number of aryl methyl sites for hydroxylation is 1. The number of benzene rings is 2. The van der Waals surface area contributed by atoms with Crippen LogP contribution < -0.4 is 0 Å². The number of Topliss-reactive ketones (excluding diaryl/α,β-unsaturated/α-hetero) is 2. The zero-order chi connectivity index (χ0) is 16.7. The number of hydrogen-bond acceptors (Lipinski definition) is 3. The summed E-state index contributed by atoms with van der Waals surface area (Å²) in [4.78, 5) is 25.4. The van der Waals surface area contributed by atoms with E-state index in [-0.39, 0.29) is 16.8 Å². The Morgan fingerprint density at radius 1 is 0.958 bits per heavy atom. The van der Waals surface area contributed by atoms with E-state index in [1.807, 2.05) is 73.7 Å². The maximum absolute atomic E-state index is 12.8. The monoisotopic (exact) mass is 332 g/mol. The maximum Gasteiger partial charge on any atom is 0.192 e. The van der Waals surface area contributed by atoms with Gasteiger partial charge < -0.3 is 0 Å². The van der Waals surface area contributed by atoms with Crippen molar-refractivity contribution < 1.29 is 9.59 Å². The van der Waals surface area contributed by atoms with Gasteiger partial charge in [0.1, 0.15) is 4.75 Å². The van der Waals surface area contributed by atoms with E-state index < -0.39 is 4.75 Å². The van der Waals surface area contributed by atoms with E-state index in [9.17, 15) is 9.59 Å². The van der Waals surface area contributed by atoms with Gasteiger partial charge in [-0.1, -0.05) is 78.4 Å². The molecule has 0 amide bonds. The molecule has 0 N–H and O–H groups in total. The van der Waals surface area contributed by atoms with Crippen molar-refractivity contribution in [1.82, 2.24) is 0 Å². The third-order valence-corrected chi connectivity index (χ3v) is 5.97. The Labute approximate surface area is 145 Å². The highest BCUT2D eigenvalue weighted by molar-refractivity contribution is 8.10. The van der Waals surface area contributed by atoms with Crippen LogP contribution in [-0.4, -0.2) is 21.6 Å². The fourth-order valence-corrected chi connectivity index (χ4v) is 4.19. The molecule has 2 atom stereocenters. The van der Waals surface area contributed by atoms with Crippen LogP contribution in [0.15, 0.2) is 78.4 Å². The van der Waals surface area contributed by atoms with Crippen LogP contribution in [0.3, 0.4) is 0 Å². The summed E-state index contributed by atoms with van der Waals surface area (Å²) in [7, 11) is 0. The fraction of sp³-hybridized carbons (Fsp3) is 0.143. The molecule has 2 aliphatic rings. The molecule has 4 rings (SSSR count). The molecular weight excluding hydrogens is 316 g/mol. The minimum atomic E-state index is -0.518. The van der Waals surface area contributed by atoms with Crippen LogP contribution in [0.5, 0.6) is 0 Å². The van der Waals surface area contributed by atoms with Crippen molar-refractivity contribution in [3.05, 3.63) is 95.1 Å². The largest absolute Gasteiger partial charge is 0.292 e. The van der Waals surface area contributed by atoms with E-state index >= 15 is 0 Å². The number of ketones is 2. The van der Waals surface area contributed by atoms with E-state index in [2.05, 4.69) is 0 Å². The fourth-order valence-electron chi connectivity index (χ4n) is 3.00. The summed E-state index contributed by atoms with van der Waals surface area (Å²) in [6.45, 7) is 2.01. The van der Waals surface area contributed by atoms with Gasteiger partial charge in [-0.25, -0.2) is 0 Å². The van der Waals surface area contributed by atoms with Gasteiger partial charge in [-0.15, -0.1) is 11.8 Å². The van der Waals surface area contributed by atoms with Crippen molar-refractivity contribution in [2.45, 2.75) is 16.9 Å². The summed E-state index contributed by atoms with van der Waals surface area (Å²) in [5, 5.41) is 0.0546. The number of carbonyl (C=O) groups is 2. The minimum Gasteiger partial charge on any atom is -0.292 e. The third kappa shape index (κ3) is 2.45. The number of rotatable bonds is 4. The molecule has 0 radical (unpaired) electrons. The van der Waals surface area contributed by atoms with Gasteiger partial charge in [0.15, 0.2) is 11.6 Å². The lowest BCUT2D eigenvalue weighted by atomic mass is 9.87. The lowest BCUT2D eigenvalue weighted by molar-refractivity contribution is 0.0973. The van der Waals surface area contributed by atoms with Crippen molar-refractivity contribution in [1.29, 1.82) is 0 Å². The molecule has 0 aromatic heterocycles. The smallest absolute Gasteiger partial charge is 0.192 e. The van der Waals surface area contributed by atoms with Crippen LogP contribution in [0.4, 0.5) is 0 Å². The van der Waals surface area contributed by atoms with Crippen LogP contribution in [-0.2, 0) is 0 Å². The predicted molar refractivity (Wildman–Crippen MR) is 97.6 cm³/mol. The molecule has 1 heterocycles. The first kappa shape index (κ1) is 15.2. The van der Waals surface area contributed by atoms with Crippen LogP contribution >= 0.6 is 11.8 Å². The van der Waals surface area contributed by atoms with Gasteiger partial charge in [-0.2, -0.15) is 0 Å². The molecule has 2 unspecified atom stereocenters. The summed E-state index contributed by atoms with van der Waals surface area (Å²) in [5.74, 6) is 0.131. The third-order valence-electron chi connectivity index (χ3n) is 4.50. The lowest BCUT2D eigenvalue weighted by Crippen LogP contribution is -2.26. The maximum atomic E-state index is 12.8. The minimum absolute atomic E-state index is 0.00994. The van der Waals surface area contributed by atoms with Gasteiger partial charge in [-0.3, -0.25) is 9.59 Å². The highest BCUT2D eigenvalue weighted by Crippen LogP contribution is 2.59. The van der Waals surface area contributed by atoms with Crippen molar-refractivity contribution in [2.24, 2.45) is 0 Å². The van der Waals surface area contributed by atoms with Gasteiger partial charge >= 0.3 is 0 Å². The molecule has 1 aliphatic carbocycles. The number of hydrogen-bond donors (Lipinski definition) is 0. The Kier molecular flexibility index (Phi) is 3.54. The molecule has 2 nitrogen and oxygen atoms in total. The molecular formula is C21H16O2S. The molecule has 1 fully saturated rings. The number of fused-ring (bicyclic) bond motifs is 1. The second-order valence-electron chi connectivity index (χ2n) is 6.18. The Balaban J connectivity index is 1.56. The molecule has 0 spiro atoms.